The first-order valence-corrected chi connectivity index (χ1v) is 28.3. The summed E-state index contributed by atoms with van der Waals surface area (Å²) in [5, 5.41) is 0. The summed E-state index contributed by atoms with van der Waals surface area (Å²) in [5.41, 5.74) is 0. The molecule has 0 rings (SSSR count). The molecule has 0 unspecified atom stereocenters. The van der Waals surface area contributed by atoms with Gasteiger partial charge in [-0.05, 0) is 70.6 Å². The first-order chi connectivity index (χ1) is 31.5. The first kappa shape index (κ1) is 61.9. The van der Waals surface area contributed by atoms with Gasteiger partial charge in [-0.3, -0.25) is 14.4 Å². The van der Waals surface area contributed by atoms with Crippen molar-refractivity contribution in [1.82, 2.24) is 0 Å². The van der Waals surface area contributed by atoms with Gasteiger partial charge in [0, 0.05) is 19.3 Å². The number of carbonyl (C=O) groups is 3. The van der Waals surface area contributed by atoms with E-state index < -0.39 is 6.10 Å². The molecule has 0 aliphatic rings. The van der Waals surface area contributed by atoms with Crippen LogP contribution in [0, 0.1) is 0 Å². The number of carbonyl (C=O) groups excluding carboxylic acids is 3. The normalized spacial score (nSPS) is 12.1. The maximum atomic E-state index is 12.8. The van der Waals surface area contributed by atoms with Gasteiger partial charge < -0.3 is 14.2 Å². The molecule has 1 atom stereocenters. The molecule has 0 radical (unpaired) electrons. The smallest absolute Gasteiger partial charge is 0.306 e. The van der Waals surface area contributed by atoms with Crippen LogP contribution in [0.1, 0.15) is 310 Å². The third-order valence-corrected chi connectivity index (χ3v) is 12.7. The monoisotopic (exact) mass is 901 g/mol. The number of hydrogen-bond acceptors (Lipinski definition) is 6. The third-order valence-electron chi connectivity index (χ3n) is 12.7. The molecule has 6 heteroatoms. The van der Waals surface area contributed by atoms with Gasteiger partial charge in [0.05, 0.1) is 0 Å². The summed E-state index contributed by atoms with van der Waals surface area (Å²) in [6, 6.07) is 0. The number of esters is 3. The van der Waals surface area contributed by atoms with Gasteiger partial charge in [-0.25, -0.2) is 0 Å². The molecule has 0 amide bonds. The van der Waals surface area contributed by atoms with Gasteiger partial charge in [0.2, 0.25) is 0 Å². The Morgan fingerprint density at radius 1 is 0.297 bits per heavy atom. The van der Waals surface area contributed by atoms with Gasteiger partial charge in [0.15, 0.2) is 6.10 Å². The lowest BCUT2D eigenvalue weighted by molar-refractivity contribution is -0.167. The highest BCUT2D eigenvalue weighted by Crippen LogP contribution is 2.16. The van der Waals surface area contributed by atoms with E-state index in [2.05, 4.69) is 45.1 Å². The second-order valence-corrected chi connectivity index (χ2v) is 19.2. The first-order valence-electron chi connectivity index (χ1n) is 28.3. The van der Waals surface area contributed by atoms with Crippen molar-refractivity contribution in [2.24, 2.45) is 0 Å². The average Bonchev–Trinajstić information content (AvgIpc) is 3.29. The quantitative estimate of drug-likeness (QED) is 0.0262. The molecule has 0 spiro atoms. The van der Waals surface area contributed by atoms with Crippen LogP contribution < -0.4 is 0 Å². The zero-order valence-electron chi connectivity index (χ0n) is 43.1. The van der Waals surface area contributed by atoms with Crippen molar-refractivity contribution < 1.29 is 28.6 Å². The Morgan fingerprint density at radius 3 is 0.797 bits per heavy atom. The highest BCUT2D eigenvalue weighted by Gasteiger charge is 2.19. The largest absolute Gasteiger partial charge is 0.462 e. The van der Waals surface area contributed by atoms with Crippen molar-refractivity contribution >= 4 is 17.9 Å². The summed E-state index contributed by atoms with van der Waals surface area (Å²) < 4.78 is 16.9. The molecular weight excluding hydrogens is 793 g/mol. The lowest BCUT2D eigenvalue weighted by Crippen LogP contribution is -2.30. The highest BCUT2D eigenvalue weighted by atomic mass is 16.6. The van der Waals surface area contributed by atoms with Gasteiger partial charge in [0.1, 0.15) is 13.2 Å². The van der Waals surface area contributed by atoms with E-state index in [-0.39, 0.29) is 31.1 Å². The Labute approximate surface area is 398 Å². The van der Waals surface area contributed by atoms with Crippen LogP contribution in [0.4, 0.5) is 0 Å². The standard InChI is InChI=1S/C58H108O6/c1-4-7-10-13-16-19-22-25-27-28-29-31-33-36-39-42-45-48-51-57(60)63-54-55(53-62-56(59)50-47-44-41-38-35-32-24-21-18-15-12-9-6-3)64-58(61)52-49-46-43-40-37-34-30-26-23-20-17-14-11-8-5-2/h20-21,23-24,55H,4-19,22,25-54H2,1-3H3/b23-20+,24-21+/t55-/m1/s1. The fourth-order valence-electron chi connectivity index (χ4n) is 8.37. The molecule has 0 aromatic carbocycles. The fraction of sp³-hybridized carbons (Fsp3) is 0.879. The van der Waals surface area contributed by atoms with Gasteiger partial charge in [0.25, 0.3) is 0 Å². The van der Waals surface area contributed by atoms with Crippen molar-refractivity contribution in [3.05, 3.63) is 24.3 Å². The molecule has 0 saturated heterocycles. The number of unbranched alkanes of at least 4 members (excludes halogenated alkanes) is 37. The van der Waals surface area contributed by atoms with E-state index in [4.69, 9.17) is 14.2 Å². The molecule has 6 nitrogen and oxygen atoms in total. The Hall–Kier alpha value is -2.11. The van der Waals surface area contributed by atoms with Gasteiger partial charge >= 0.3 is 17.9 Å². The molecule has 0 saturated carbocycles. The van der Waals surface area contributed by atoms with E-state index in [9.17, 15) is 14.4 Å². The molecule has 64 heavy (non-hydrogen) atoms. The van der Waals surface area contributed by atoms with Crippen LogP contribution in [0.2, 0.25) is 0 Å². The van der Waals surface area contributed by atoms with Gasteiger partial charge in [-0.2, -0.15) is 0 Å². The summed E-state index contributed by atoms with van der Waals surface area (Å²) in [4.78, 5) is 38.1. The average molecular weight is 901 g/mol. The SMILES string of the molecule is CCCCCC/C=C/CCCCCCCCCC(=O)O[C@H](COC(=O)CCCCCCC/C=C/CCCCCC)COC(=O)CCCCCCCCCCCCCCCCCCCC. The number of hydrogen-bond donors (Lipinski definition) is 0. The second kappa shape index (κ2) is 53.5. The Balaban J connectivity index is 4.32. The third kappa shape index (κ3) is 50.9. The predicted octanol–water partition coefficient (Wildman–Crippen LogP) is 18.7. The molecule has 0 aliphatic heterocycles. The Morgan fingerprint density at radius 2 is 0.516 bits per heavy atom. The van der Waals surface area contributed by atoms with E-state index >= 15 is 0 Å². The van der Waals surface area contributed by atoms with E-state index in [1.165, 1.54) is 205 Å². The van der Waals surface area contributed by atoms with E-state index in [1.807, 2.05) is 0 Å². The lowest BCUT2D eigenvalue weighted by Gasteiger charge is -2.18. The molecule has 0 aromatic heterocycles. The maximum Gasteiger partial charge on any atom is 0.306 e. The van der Waals surface area contributed by atoms with Crippen molar-refractivity contribution in [2.75, 3.05) is 13.2 Å². The molecule has 0 bridgehead atoms. The van der Waals surface area contributed by atoms with E-state index in [0.29, 0.717) is 19.3 Å². The van der Waals surface area contributed by atoms with Crippen LogP contribution in [-0.2, 0) is 28.6 Å². The summed E-state index contributed by atoms with van der Waals surface area (Å²) in [5.74, 6) is -0.867. The minimum absolute atomic E-state index is 0.0713. The zero-order valence-corrected chi connectivity index (χ0v) is 43.1. The van der Waals surface area contributed by atoms with Crippen molar-refractivity contribution in [3.63, 3.8) is 0 Å². The molecule has 0 fully saturated rings. The van der Waals surface area contributed by atoms with Crippen molar-refractivity contribution in [3.8, 4) is 0 Å². The molecule has 0 N–H and O–H groups in total. The topological polar surface area (TPSA) is 78.9 Å². The lowest BCUT2D eigenvalue weighted by atomic mass is 10.0. The molecule has 376 valence electrons. The van der Waals surface area contributed by atoms with E-state index in [1.54, 1.807) is 0 Å². The van der Waals surface area contributed by atoms with Crippen LogP contribution in [0.25, 0.3) is 0 Å². The predicted molar refractivity (Wildman–Crippen MR) is 275 cm³/mol. The summed E-state index contributed by atoms with van der Waals surface area (Å²) in [6.07, 6.45) is 61.6. The minimum Gasteiger partial charge on any atom is -0.462 e. The highest BCUT2D eigenvalue weighted by molar-refractivity contribution is 5.71. The summed E-state index contributed by atoms with van der Waals surface area (Å²) in [6.45, 7) is 6.64. The molecular formula is C58H108O6. The zero-order chi connectivity index (χ0) is 46.5. The summed E-state index contributed by atoms with van der Waals surface area (Å²) >= 11 is 0. The van der Waals surface area contributed by atoms with Crippen LogP contribution in [0.15, 0.2) is 24.3 Å². The maximum absolute atomic E-state index is 12.8. The number of allylic oxidation sites excluding steroid dienone is 4. The Kier molecular flexibility index (Phi) is 51.7. The van der Waals surface area contributed by atoms with Crippen LogP contribution in [-0.4, -0.2) is 37.2 Å². The molecule has 0 aromatic rings. The van der Waals surface area contributed by atoms with Crippen LogP contribution in [0.5, 0.6) is 0 Å². The van der Waals surface area contributed by atoms with Crippen LogP contribution in [0.3, 0.4) is 0 Å². The van der Waals surface area contributed by atoms with E-state index in [0.717, 1.165) is 64.2 Å². The fourth-order valence-corrected chi connectivity index (χ4v) is 8.37. The summed E-state index contributed by atoms with van der Waals surface area (Å²) in [7, 11) is 0. The van der Waals surface area contributed by atoms with Crippen molar-refractivity contribution in [1.29, 1.82) is 0 Å². The Bertz CT molecular complexity index is 1040. The number of rotatable bonds is 52. The number of ether oxygens (including phenoxy) is 3. The molecule has 0 heterocycles. The minimum atomic E-state index is -0.772. The van der Waals surface area contributed by atoms with Crippen LogP contribution >= 0.6 is 0 Å². The van der Waals surface area contributed by atoms with Gasteiger partial charge in [-0.1, -0.05) is 244 Å². The molecule has 0 aliphatic carbocycles. The van der Waals surface area contributed by atoms with Gasteiger partial charge in [-0.15, -0.1) is 0 Å². The van der Waals surface area contributed by atoms with Crippen molar-refractivity contribution in [2.45, 2.75) is 316 Å². The second-order valence-electron chi connectivity index (χ2n) is 19.2.